The third-order valence-corrected chi connectivity index (χ3v) is 8.05. The van der Waals surface area contributed by atoms with Crippen molar-refractivity contribution in [2.24, 2.45) is 11.8 Å². The highest BCUT2D eigenvalue weighted by Crippen LogP contribution is 2.45. The highest BCUT2D eigenvalue weighted by molar-refractivity contribution is 5.77. The second-order valence-electron chi connectivity index (χ2n) is 9.86. The lowest BCUT2D eigenvalue weighted by Gasteiger charge is -2.54. The summed E-state index contributed by atoms with van der Waals surface area (Å²) in [7, 11) is 1.59. The van der Waals surface area contributed by atoms with Crippen molar-refractivity contribution in [2.45, 2.75) is 63.5 Å². The van der Waals surface area contributed by atoms with E-state index >= 15 is 0 Å². The number of nitrogens with zero attached hydrogens (tertiary/aromatic N) is 6. The molecule has 0 radical (unpaired) electrons. The summed E-state index contributed by atoms with van der Waals surface area (Å²) < 4.78 is 6.92. The Morgan fingerprint density at radius 2 is 2.12 bits per heavy atom. The molecule has 4 atom stereocenters. The van der Waals surface area contributed by atoms with Gasteiger partial charge < -0.3 is 9.64 Å². The number of piperidine rings is 3. The molecule has 0 spiro atoms. The molecule has 32 heavy (non-hydrogen) atoms. The fourth-order valence-corrected chi connectivity index (χ4v) is 6.70. The molecule has 3 fully saturated rings. The molecular formula is C24H32N6O2. The van der Waals surface area contributed by atoms with Gasteiger partial charge >= 0.3 is 0 Å². The Hall–Kier alpha value is -2.48. The zero-order valence-electron chi connectivity index (χ0n) is 18.8. The van der Waals surface area contributed by atoms with E-state index in [0.29, 0.717) is 48.1 Å². The van der Waals surface area contributed by atoms with E-state index in [1.54, 1.807) is 17.7 Å². The molecule has 3 saturated heterocycles. The first kappa shape index (κ1) is 20.1. The van der Waals surface area contributed by atoms with Gasteiger partial charge in [-0.05, 0) is 56.6 Å². The Kier molecular flexibility index (Phi) is 5.12. The van der Waals surface area contributed by atoms with Crippen molar-refractivity contribution in [3.63, 3.8) is 0 Å². The maximum atomic E-state index is 13.4. The van der Waals surface area contributed by atoms with Crippen LogP contribution in [0.1, 0.15) is 50.8 Å². The minimum atomic E-state index is 0.236. The molecule has 2 aromatic rings. The molecule has 0 unspecified atom stereocenters. The summed E-state index contributed by atoms with van der Waals surface area (Å²) in [6.45, 7) is 3.27. The Bertz CT molecular complexity index is 1050. The number of likely N-dealkylation sites (tertiary alicyclic amines) is 1. The first-order valence-corrected chi connectivity index (χ1v) is 12.2. The molecule has 2 aromatic heterocycles. The van der Waals surface area contributed by atoms with Crippen LogP contribution in [-0.2, 0) is 11.2 Å². The zero-order chi connectivity index (χ0) is 21.7. The Labute approximate surface area is 188 Å². The minimum Gasteiger partial charge on any atom is -0.480 e. The van der Waals surface area contributed by atoms with Crippen LogP contribution in [0.5, 0.6) is 5.88 Å². The van der Waals surface area contributed by atoms with Crippen molar-refractivity contribution < 1.29 is 9.53 Å². The van der Waals surface area contributed by atoms with Gasteiger partial charge in [0.05, 0.1) is 13.2 Å². The molecule has 1 amide bonds. The second-order valence-corrected chi connectivity index (χ2v) is 9.86. The molecule has 1 aliphatic carbocycles. The normalized spacial score (nSPS) is 29.9. The van der Waals surface area contributed by atoms with Gasteiger partial charge in [0.2, 0.25) is 11.8 Å². The van der Waals surface area contributed by atoms with Gasteiger partial charge in [0, 0.05) is 38.0 Å². The average Bonchev–Trinajstić information content (AvgIpc) is 3.24. The maximum Gasteiger partial charge on any atom is 0.231 e. The molecular weight excluding hydrogens is 404 g/mol. The summed E-state index contributed by atoms with van der Waals surface area (Å²) in [6, 6.07) is 4.64. The van der Waals surface area contributed by atoms with Crippen LogP contribution in [0.15, 0.2) is 23.8 Å². The van der Waals surface area contributed by atoms with Crippen molar-refractivity contribution in [3.8, 4) is 5.88 Å². The molecule has 0 aromatic carbocycles. The van der Waals surface area contributed by atoms with Crippen LogP contribution in [0.3, 0.4) is 0 Å². The summed E-state index contributed by atoms with van der Waals surface area (Å²) in [6.07, 6.45) is 11.1. The van der Waals surface area contributed by atoms with E-state index in [-0.39, 0.29) is 5.91 Å². The fourth-order valence-electron chi connectivity index (χ4n) is 6.70. The van der Waals surface area contributed by atoms with Gasteiger partial charge in [-0.15, -0.1) is 15.3 Å². The van der Waals surface area contributed by atoms with E-state index in [1.807, 2.05) is 6.07 Å². The number of hydrogen-bond donors (Lipinski definition) is 0. The predicted octanol–water partition coefficient (Wildman–Crippen LogP) is 2.49. The number of aryl methyl sites for hydroxylation is 1. The van der Waals surface area contributed by atoms with Crippen LogP contribution in [0.25, 0.3) is 5.65 Å². The van der Waals surface area contributed by atoms with Crippen molar-refractivity contribution in [3.05, 3.63) is 29.6 Å². The van der Waals surface area contributed by atoms with Crippen molar-refractivity contribution in [1.29, 1.82) is 0 Å². The summed E-state index contributed by atoms with van der Waals surface area (Å²) in [4.78, 5) is 18.4. The Morgan fingerprint density at radius 1 is 1.19 bits per heavy atom. The summed E-state index contributed by atoms with van der Waals surface area (Å²) in [5.74, 6) is 2.73. The number of carbonyl (C=O) groups is 1. The Morgan fingerprint density at radius 3 is 3.03 bits per heavy atom. The number of hydrogen-bond acceptors (Lipinski definition) is 6. The van der Waals surface area contributed by atoms with Gasteiger partial charge in [-0.3, -0.25) is 9.69 Å². The number of fused-ring (bicyclic) bond motifs is 7. The van der Waals surface area contributed by atoms with Crippen molar-refractivity contribution in [1.82, 2.24) is 29.6 Å². The standard InChI is InChI=1S/C24H32N6O2/c1-32-22-9-7-20-25-26-21(30(20)27-22)8-10-23(31)29-12-4-5-16-13-17-14-18(24(16)29)15-28-11-3-2-6-19(17)28/h7,9,13,17-19,24H,2-6,8,10-12,14-15H2,1H3/t17-,18-,19-,24-/m0/s1. The molecule has 170 valence electrons. The largest absolute Gasteiger partial charge is 0.480 e. The Balaban J connectivity index is 1.19. The van der Waals surface area contributed by atoms with E-state index < -0.39 is 0 Å². The van der Waals surface area contributed by atoms with Crippen molar-refractivity contribution in [2.75, 3.05) is 26.7 Å². The molecule has 3 aliphatic heterocycles. The number of methoxy groups -OCH3 is 1. The minimum absolute atomic E-state index is 0.236. The van der Waals surface area contributed by atoms with Crippen LogP contribution in [-0.4, -0.2) is 74.3 Å². The molecule has 0 saturated carbocycles. The SMILES string of the molecule is COc1ccc2nnc(CCC(=O)N3CCCC4=C[C@H]5C[C@@H](CN6CCCC[C@@H]56)[C@H]43)n2n1. The van der Waals surface area contributed by atoms with E-state index in [1.165, 1.54) is 37.8 Å². The zero-order valence-corrected chi connectivity index (χ0v) is 18.8. The lowest BCUT2D eigenvalue weighted by molar-refractivity contribution is -0.136. The summed E-state index contributed by atoms with van der Waals surface area (Å²) in [5.41, 5.74) is 2.21. The topological polar surface area (TPSA) is 75.9 Å². The van der Waals surface area contributed by atoms with Crippen LogP contribution >= 0.6 is 0 Å². The number of carbonyl (C=O) groups excluding carboxylic acids is 1. The highest BCUT2D eigenvalue weighted by Gasteiger charge is 2.46. The van der Waals surface area contributed by atoms with Gasteiger partial charge in [0.1, 0.15) is 0 Å². The average molecular weight is 437 g/mol. The molecule has 0 N–H and O–H groups in total. The van der Waals surface area contributed by atoms with E-state index in [0.717, 1.165) is 32.0 Å². The lowest BCUT2D eigenvalue weighted by atomic mass is 9.68. The van der Waals surface area contributed by atoms with Crippen molar-refractivity contribution >= 4 is 11.6 Å². The molecule has 8 heteroatoms. The van der Waals surface area contributed by atoms with Gasteiger partial charge in [-0.25, -0.2) is 0 Å². The smallest absolute Gasteiger partial charge is 0.231 e. The van der Waals surface area contributed by atoms with Gasteiger partial charge in [0.25, 0.3) is 0 Å². The van der Waals surface area contributed by atoms with E-state index in [4.69, 9.17) is 4.74 Å². The van der Waals surface area contributed by atoms with Gasteiger partial charge in [-0.2, -0.15) is 4.52 Å². The third-order valence-electron chi connectivity index (χ3n) is 8.05. The van der Waals surface area contributed by atoms with Crippen LogP contribution in [0, 0.1) is 11.8 Å². The quantitative estimate of drug-likeness (QED) is 0.686. The highest BCUT2D eigenvalue weighted by atomic mass is 16.5. The van der Waals surface area contributed by atoms with Gasteiger partial charge in [-0.1, -0.05) is 18.1 Å². The van der Waals surface area contributed by atoms with Crippen LogP contribution in [0.2, 0.25) is 0 Å². The lowest BCUT2D eigenvalue weighted by Crippen LogP contribution is -2.60. The number of rotatable bonds is 4. The molecule has 6 rings (SSSR count). The number of amides is 1. The first-order chi connectivity index (χ1) is 15.7. The number of aromatic nitrogens is 4. The van der Waals surface area contributed by atoms with Gasteiger partial charge in [0.15, 0.2) is 11.5 Å². The second kappa shape index (κ2) is 8.14. The maximum absolute atomic E-state index is 13.4. The summed E-state index contributed by atoms with van der Waals surface area (Å²) in [5, 5.41) is 12.9. The fraction of sp³-hybridized carbons (Fsp3) is 0.667. The molecule has 5 heterocycles. The molecule has 2 bridgehead atoms. The third kappa shape index (κ3) is 3.39. The van der Waals surface area contributed by atoms with Crippen LogP contribution < -0.4 is 4.74 Å². The van der Waals surface area contributed by atoms with E-state index in [2.05, 4.69) is 31.2 Å². The van der Waals surface area contributed by atoms with Crippen LogP contribution in [0.4, 0.5) is 0 Å². The predicted molar refractivity (Wildman–Crippen MR) is 119 cm³/mol. The molecule has 8 nitrogen and oxygen atoms in total. The van der Waals surface area contributed by atoms with E-state index in [9.17, 15) is 4.79 Å². The molecule has 4 aliphatic rings. The first-order valence-electron chi connectivity index (χ1n) is 12.2. The summed E-state index contributed by atoms with van der Waals surface area (Å²) >= 11 is 0. The monoisotopic (exact) mass is 436 g/mol. The number of ether oxygens (including phenoxy) is 1.